The second-order valence-corrected chi connectivity index (χ2v) is 4.34. The van der Waals surface area contributed by atoms with E-state index >= 15 is 0 Å². The molecule has 0 aliphatic heterocycles. The van der Waals surface area contributed by atoms with E-state index in [9.17, 15) is 9.50 Å². The van der Waals surface area contributed by atoms with Crippen molar-refractivity contribution in [1.29, 1.82) is 0 Å². The van der Waals surface area contributed by atoms with Crippen LogP contribution in [0.5, 0.6) is 11.5 Å². The van der Waals surface area contributed by atoms with Crippen molar-refractivity contribution < 1.29 is 14.2 Å². The zero-order chi connectivity index (χ0) is 12.4. The molecule has 0 aliphatic carbocycles. The van der Waals surface area contributed by atoms with E-state index in [2.05, 4.69) is 15.9 Å². The highest BCUT2D eigenvalue weighted by atomic mass is 79.9. The predicted molar refractivity (Wildman–Crippen MR) is 67.8 cm³/mol. The molecule has 2 rings (SSSR count). The molecule has 0 aliphatic rings. The second-order valence-electron chi connectivity index (χ2n) is 3.48. The Morgan fingerprint density at radius 3 is 2.65 bits per heavy atom. The second kappa shape index (κ2) is 4.75. The van der Waals surface area contributed by atoms with E-state index in [0.717, 1.165) is 0 Å². The van der Waals surface area contributed by atoms with Gasteiger partial charge in [-0.2, -0.15) is 0 Å². The maximum Gasteiger partial charge on any atom is 0.145 e. The van der Waals surface area contributed by atoms with Crippen molar-refractivity contribution in [1.82, 2.24) is 0 Å². The van der Waals surface area contributed by atoms with Crippen LogP contribution < -0.4 is 4.74 Å². The smallest absolute Gasteiger partial charge is 0.145 e. The van der Waals surface area contributed by atoms with E-state index in [1.807, 2.05) is 0 Å². The molecule has 2 aromatic carbocycles. The van der Waals surface area contributed by atoms with Gasteiger partial charge in [-0.1, -0.05) is 12.1 Å². The van der Waals surface area contributed by atoms with Gasteiger partial charge in [-0.15, -0.1) is 0 Å². The summed E-state index contributed by atoms with van der Waals surface area (Å²) in [5.41, 5.74) is 0.735. The summed E-state index contributed by atoms with van der Waals surface area (Å²) >= 11 is 3.12. The van der Waals surface area contributed by atoms with Crippen molar-refractivity contribution in [3.05, 3.63) is 46.7 Å². The molecule has 1 N–H and O–H groups in total. The minimum absolute atomic E-state index is 0.0165. The minimum Gasteiger partial charge on any atom is -0.507 e. The SMILES string of the molecule is COc1ccc(O)c(-c2cccc(Br)c2F)c1. The van der Waals surface area contributed by atoms with Crippen molar-refractivity contribution in [2.45, 2.75) is 0 Å². The quantitative estimate of drug-likeness (QED) is 0.909. The van der Waals surface area contributed by atoms with E-state index in [0.29, 0.717) is 21.3 Å². The molecule has 0 aromatic heterocycles. The molecule has 0 heterocycles. The van der Waals surface area contributed by atoms with Gasteiger partial charge in [0.05, 0.1) is 11.6 Å². The molecule has 0 fully saturated rings. The molecular formula is C13H10BrFO2. The maximum atomic E-state index is 13.9. The lowest BCUT2D eigenvalue weighted by Gasteiger charge is -2.09. The normalized spacial score (nSPS) is 10.3. The van der Waals surface area contributed by atoms with Gasteiger partial charge in [-0.05, 0) is 40.2 Å². The van der Waals surface area contributed by atoms with Gasteiger partial charge >= 0.3 is 0 Å². The lowest BCUT2D eigenvalue weighted by Crippen LogP contribution is -1.88. The predicted octanol–water partition coefficient (Wildman–Crippen LogP) is 3.97. The summed E-state index contributed by atoms with van der Waals surface area (Å²) in [6.07, 6.45) is 0. The average Bonchev–Trinajstić information content (AvgIpc) is 2.34. The molecule has 2 aromatic rings. The first kappa shape index (κ1) is 11.9. The highest BCUT2D eigenvalue weighted by Crippen LogP contribution is 2.35. The first-order valence-corrected chi connectivity index (χ1v) is 5.74. The van der Waals surface area contributed by atoms with Gasteiger partial charge in [-0.25, -0.2) is 4.39 Å². The van der Waals surface area contributed by atoms with E-state index in [-0.39, 0.29) is 5.75 Å². The summed E-state index contributed by atoms with van der Waals surface area (Å²) in [4.78, 5) is 0. The molecule has 0 unspecified atom stereocenters. The van der Waals surface area contributed by atoms with Gasteiger partial charge in [0.1, 0.15) is 17.3 Å². The number of rotatable bonds is 2. The summed E-state index contributed by atoms with van der Waals surface area (Å²) in [6.45, 7) is 0. The highest BCUT2D eigenvalue weighted by Gasteiger charge is 2.12. The summed E-state index contributed by atoms with van der Waals surface area (Å²) in [6, 6.07) is 9.62. The monoisotopic (exact) mass is 296 g/mol. The number of hydrogen-bond donors (Lipinski definition) is 1. The van der Waals surface area contributed by atoms with Crippen molar-refractivity contribution in [3.8, 4) is 22.6 Å². The van der Waals surface area contributed by atoms with Crippen molar-refractivity contribution in [2.75, 3.05) is 7.11 Å². The third-order valence-electron chi connectivity index (χ3n) is 2.45. The van der Waals surface area contributed by atoms with Crippen LogP contribution in [0.1, 0.15) is 0 Å². The Bertz CT molecular complexity index is 555. The Hall–Kier alpha value is -1.55. The summed E-state index contributed by atoms with van der Waals surface area (Å²) in [7, 11) is 1.52. The number of ether oxygens (including phenoxy) is 1. The molecule has 0 saturated heterocycles. The largest absolute Gasteiger partial charge is 0.507 e. The van der Waals surface area contributed by atoms with Gasteiger partial charge in [0.2, 0.25) is 0 Å². The molecule has 0 bridgehead atoms. The van der Waals surface area contributed by atoms with Gasteiger partial charge in [0.15, 0.2) is 0 Å². The molecule has 88 valence electrons. The lowest BCUT2D eigenvalue weighted by atomic mass is 10.0. The fourth-order valence-electron chi connectivity index (χ4n) is 1.57. The molecule has 4 heteroatoms. The van der Waals surface area contributed by atoms with E-state index in [4.69, 9.17) is 4.74 Å². The van der Waals surface area contributed by atoms with Gasteiger partial charge < -0.3 is 9.84 Å². The number of methoxy groups -OCH3 is 1. The molecule has 2 nitrogen and oxygen atoms in total. The van der Waals surface area contributed by atoms with Crippen LogP contribution in [-0.4, -0.2) is 12.2 Å². The number of benzene rings is 2. The number of halogens is 2. The molecule has 0 radical (unpaired) electrons. The number of phenolic OH excluding ortho intramolecular Hbond substituents is 1. The molecule has 17 heavy (non-hydrogen) atoms. The minimum atomic E-state index is -0.406. The first-order valence-electron chi connectivity index (χ1n) is 4.95. The molecule has 0 saturated carbocycles. The van der Waals surface area contributed by atoms with Gasteiger partial charge in [0, 0.05) is 11.1 Å². The van der Waals surface area contributed by atoms with E-state index in [1.54, 1.807) is 30.3 Å². The summed E-state index contributed by atoms with van der Waals surface area (Å²) in [5, 5.41) is 9.76. The Balaban J connectivity index is 2.63. The van der Waals surface area contributed by atoms with Gasteiger partial charge in [0.25, 0.3) is 0 Å². The van der Waals surface area contributed by atoms with E-state index < -0.39 is 5.82 Å². The van der Waals surface area contributed by atoms with Crippen LogP contribution in [0, 0.1) is 5.82 Å². The third-order valence-corrected chi connectivity index (χ3v) is 3.06. The van der Waals surface area contributed by atoms with Crippen LogP contribution in [0.3, 0.4) is 0 Å². The Labute approximate surface area is 107 Å². The van der Waals surface area contributed by atoms with Crippen LogP contribution >= 0.6 is 15.9 Å². The molecular weight excluding hydrogens is 287 g/mol. The Kier molecular flexibility index (Phi) is 3.33. The van der Waals surface area contributed by atoms with Gasteiger partial charge in [-0.3, -0.25) is 0 Å². The summed E-state index contributed by atoms with van der Waals surface area (Å²) in [5.74, 6) is 0.177. The fraction of sp³-hybridized carbons (Fsp3) is 0.0769. The summed E-state index contributed by atoms with van der Waals surface area (Å²) < 4.78 is 19.3. The van der Waals surface area contributed by atoms with Crippen molar-refractivity contribution >= 4 is 15.9 Å². The van der Waals surface area contributed by atoms with Crippen molar-refractivity contribution in [2.24, 2.45) is 0 Å². The van der Waals surface area contributed by atoms with Crippen molar-refractivity contribution in [3.63, 3.8) is 0 Å². The highest BCUT2D eigenvalue weighted by molar-refractivity contribution is 9.10. The van der Waals surface area contributed by atoms with Crippen LogP contribution in [0.15, 0.2) is 40.9 Å². The number of aromatic hydroxyl groups is 1. The number of phenols is 1. The fourth-order valence-corrected chi connectivity index (χ4v) is 1.94. The first-order chi connectivity index (χ1) is 8.13. The standard InChI is InChI=1S/C13H10BrFO2/c1-17-8-5-6-12(16)10(7-8)9-3-2-4-11(14)13(9)15/h2-7,16H,1H3. The lowest BCUT2D eigenvalue weighted by molar-refractivity contribution is 0.412. The molecule has 0 atom stereocenters. The Morgan fingerprint density at radius 1 is 1.18 bits per heavy atom. The number of hydrogen-bond acceptors (Lipinski definition) is 2. The van der Waals surface area contributed by atoms with Crippen LogP contribution in [0.2, 0.25) is 0 Å². The maximum absolute atomic E-state index is 13.9. The van der Waals surface area contributed by atoms with Crippen LogP contribution in [-0.2, 0) is 0 Å². The Morgan fingerprint density at radius 2 is 1.94 bits per heavy atom. The topological polar surface area (TPSA) is 29.5 Å². The molecule has 0 amide bonds. The zero-order valence-electron chi connectivity index (χ0n) is 9.08. The average molecular weight is 297 g/mol. The van der Waals surface area contributed by atoms with Crippen LogP contribution in [0.4, 0.5) is 4.39 Å². The zero-order valence-corrected chi connectivity index (χ0v) is 10.7. The van der Waals surface area contributed by atoms with E-state index in [1.165, 1.54) is 13.2 Å². The molecule has 0 spiro atoms. The third kappa shape index (κ3) is 2.26. The van der Waals surface area contributed by atoms with Crippen LogP contribution in [0.25, 0.3) is 11.1 Å².